The number of piperidine rings is 1. The number of hydrogen-bond acceptors (Lipinski definition) is 2. The van der Waals surface area contributed by atoms with Crippen molar-refractivity contribution in [3.63, 3.8) is 0 Å². The third kappa shape index (κ3) is 7.69. The Morgan fingerprint density at radius 1 is 1.36 bits per heavy atom. The number of aliphatic imine (C=N–C) groups is 1. The average molecular weight is 417 g/mol. The lowest BCUT2D eigenvalue weighted by Gasteiger charge is -2.32. The molecule has 0 unspecified atom stereocenters. The van der Waals surface area contributed by atoms with Gasteiger partial charge in [-0.3, -0.25) is 9.89 Å². The molecule has 0 bridgehead atoms. The third-order valence-corrected chi connectivity index (χ3v) is 4.87. The number of halogens is 3. The highest BCUT2D eigenvalue weighted by atomic mass is 79.9. The van der Waals surface area contributed by atoms with Gasteiger partial charge in [-0.1, -0.05) is 28.1 Å². The Labute approximate surface area is 157 Å². The molecule has 0 atom stereocenters. The molecule has 0 spiro atoms. The fourth-order valence-electron chi connectivity index (χ4n) is 3.03. The minimum atomic E-state index is -2.25. The molecule has 7 heteroatoms. The van der Waals surface area contributed by atoms with Crippen LogP contribution in [0.5, 0.6) is 0 Å². The molecule has 1 fully saturated rings. The molecule has 140 valence electrons. The van der Waals surface area contributed by atoms with Crippen molar-refractivity contribution in [3.05, 3.63) is 34.3 Å². The number of nitrogens with zero attached hydrogens (tertiary/aromatic N) is 2. The summed E-state index contributed by atoms with van der Waals surface area (Å²) in [4.78, 5) is 6.09. The van der Waals surface area contributed by atoms with Gasteiger partial charge in [0.2, 0.25) is 0 Å². The summed E-state index contributed by atoms with van der Waals surface area (Å²) in [5.74, 6) is 0.793. The van der Waals surface area contributed by atoms with E-state index in [9.17, 15) is 8.78 Å². The zero-order chi connectivity index (χ0) is 18.1. The standard InChI is InChI=1S/C18H27BrF2N4/c1-22-18(23-9-3-5-14-4-2-6-15(19)12-14)24-16-7-10-25(11-8-16)13-17(20)21/h2,4,6,12,16-17H,3,5,7-11,13H2,1H3,(H2,22,23,24). The summed E-state index contributed by atoms with van der Waals surface area (Å²) < 4.78 is 25.9. The molecule has 0 aromatic heterocycles. The van der Waals surface area contributed by atoms with Crippen molar-refractivity contribution in [2.45, 2.75) is 38.2 Å². The maximum Gasteiger partial charge on any atom is 0.251 e. The summed E-state index contributed by atoms with van der Waals surface area (Å²) in [7, 11) is 1.76. The van der Waals surface area contributed by atoms with E-state index in [1.807, 2.05) is 17.0 Å². The van der Waals surface area contributed by atoms with Crippen molar-refractivity contribution >= 4 is 21.9 Å². The molecule has 2 rings (SSSR count). The smallest absolute Gasteiger partial charge is 0.251 e. The highest BCUT2D eigenvalue weighted by Gasteiger charge is 2.21. The van der Waals surface area contributed by atoms with Crippen LogP contribution in [-0.2, 0) is 6.42 Å². The van der Waals surface area contributed by atoms with Crippen LogP contribution in [0.2, 0.25) is 0 Å². The van der Waals surface area contributed by atoms with E-state index in [-0.39, 0.29) is 6.54 Å². The van der Waals surface area contributed by atoms with E-state index in [4.69, 9.17) is 0 Å². The van der Waals surface area contributed by atoms with Crippen LogP contribution in [0.4, 0.5) is 8.78 Å². The second-order valence-electron chi connectivity index (χ2n) is 6.34. The highest BCUT2D eigenvalue weighted by molar-refractivity contribution is 9.10. The van der Waals surface area contributed by atoms with Gasteiger partial charge >= 0.3 is 0 Å². The summed E-state index contributed by atoms with van der Waals surface area (Å²) in [5, 5.41) is 6.74. The first kappa shape index (κ1) is 20.1. The Balaban J connectivity index is 1.64. The summed E-state index contributed by atoms with van der Waals surface area (Å²) in [5.41, 5.74) is 1.31. The molecule has 4 nitrogen and oxygen atoms in total. The topological polar surface area (TPSA) is 39.7 Å². The van der Waals surface area contributed by atoms with E-state index < -0.39 is 6.43 Å². The van der Waals surface area contributed by atoms with Crippen molar-refractivity contribution < 1.29 is 8.78 Å². The first-order valence-corrected chi connectivity index (χ1v) is 9.58. The lowest BCUT2D eigenvalue weighted by Crippen LogP contribution is -2.49. The van der Waals surface area contributed by atoms with Crippen LogP contribution in [0.25, 0.3) is 0 Å². The Hall–Kier alpha value is -1.21. The summed E-state index contributed by atoms with van der Waals surface area (Å²) in [6.45, 7) is 2.15. The fourth-order valence-corrected chi connectivity index (χ4v) is 3.48. The molecule has 1 heterocycles. The van der Waals surface area contributed by atoms with E-state index in [1.54, 1.807) is 7.05 Å². The molecule has 25 heavy (non-hydrogen) atoms. The highest BCUT2D eigenvalue weighted by Crippen LogP contribution is 2.13. The van der Waals surface area contributed by atoms with Crippen molar-refractivity contribution in [2.24, 2.45) is 4.99 Å². The van der Waals surface area contributed by atoms with E-state index in [0.29, 0.717) is 19.1 Å². The molecule has 0 amide bonds. The summed E-state index contributed by atoms with van der Waals surface area (Å²) in [6, 6.07) is 8.64. The maximum absolute atomic E-state index is 12.4. The lowest BCUT2D eigenvalue weighted by atomic mass is 10.1. The molecule has 1 aromatic carbocycles. The molecule has 1 aliphatic rings. The normalized spacial score (nSPS) is 17.1. The van der Waals surface area contributed by atoms with Gasteiger partial charge in [-0.2, -0.15) is 0 Å². The van der Waals surface area contributed by atoms with Crippen LogP contribution in [0.3, 0.4) is 0 Å². The van der Waals surface area contributed by atoms with Gasteiger partial charge in [0.05, 0.1) is 6.54 Å². The van der Waals surface area contributed by atoms with Crippen molar-refractivity contribution in [1.82, 2.24) is 15.5 Å². The van der Waals surface area contributed by atoms with Crippen molar-refractivity contribution in [1.29, 1.82) is 0 Å². The largest absolute Gasteiger partial charge is 0.356 e. The Morgan fingerprint density at radius 2 is 2.12 bits per heavy atom. The SMILES string of the molecule is CN=C(NCCCc1cccc(Br)c1)NC1CCN(CC(F)F)CC1. The molecule has 0 radical (unpaired) electrons. The molecular formula is C18H27BrF2N4. The second-order valence-corrected chi connectivity index (χ2v) is 7.26. The van der Waals surface area contributed by atoms with Gasteiger partial charge in [0.25, 0.3) is 6.43 Å². The summed E-state index contributed by atoms with van der Waals surface area (Å²) in [6.07, 6.45) is 1.51. The fraction of sp³-hybridized carbons (Fsp3) is 0.611. The number of guanidine groups is 1. The third-order valence-electron chi connectivity index (χ3n) is 4.37. The van der Waals surface area contributed by atoms with Crippen LogP contribution in [0.1, 0.15) is 24.8 Å². The van der Waals surface area contributed by atoms with Gasteiger partial charge < -0.3 is 10.6 Å². The number of aryl methyl sites for hydroxylation is 1. The van der Waals surface area contributed by atoms with Crippen LogP contribution in [0, 0.1) is 0 Å². The maximum atomic E-state index is 12.4. The van der Waals surface area contributed by atoms with Gasteiger partial charge in [-0.15, -0.1) is 0 Å². The van der Waals surface area contributed by atoms with Gasteiger partial charge in [0.1, 0.15) is 0 Å². The zero-order valence-corrected chi connectivity index (χ0v) is 16.2. The quantitative estimate of drug-likeness (QED) is 0.407. The monoisotopic (exact) mass is 416 g/mol. The molecule has 0 aliphatic carbocycles. The zero-order valence-electron chi connectivity index (χ0n) is 14.6. The predicted octanol–water partition coefficient (Wildman–Crippen LogP) is 3.28. The van der Waals surface area contributed by atoms with Gasteiger partial charge in [0, 0.05) is 37.2 Å². The minimum Gasteiger partial charge on any atom is -0.356 e. The van der Waals surface area contributed by atoms with E-state index >= 15 is 0 Å². The number of hydrogen-bond donors (Lipinski definition) is 2. The Bertz CT molecular complexity index is 546. The number of alkyl halides is 2. The van der Waals surface area contributed by atoms with Crippen LogP contribution in [-0.4, -0.2) is 56.6 Å². The first-order chi connectivity index (χ1) is 12.1. The van der Waals surface area contributed by atoms with Crippen LogP contribution in [0.15, 0.2) is 33.7 Å². The molecule has 1 aromatic rings. The summed E-state index contributed by atoms with van der Waals surface area (Å²) >= 11 is 3.49. The molecular weight excluding hydrogens is 390 g/mol. The number of rotatable bonds is 7. The van der Waals surface area contributed by atoms with Gasteiger partial charge in [0.15, 0.2) is 5.96 Å². The van der Waals surface area contributed by atoms with Gasteiger partial charge in [-0.25, -0.2) is 8.78 Å². The van der Waals surface area contributed by atoms with Crippen LogP contribution < -0.4 is 10.6 Å². The van der Waals surface area contributed by atoms with Crippen molar-refractivity contribution in [3.8, 4) is 0 Å². The lowest BCUT2D eigenvalue weighted by molar-refractivity contribution is 0.0744. The first-order valence-electron chi connectivity index (χ1n) is 8.79. The van der Waals surface area contributed by atoms with E-state index in [2.05, 4.69) is 43.7 Å². The van der Waals surface area contributed by atoms with Gasteiger partial charge in [-0.05, 0) is 43.4 Å². The van der Waals surface area contributed by atoms with Crippen molar-refractivity contribution in [2.75, 3.05) is 33.2 Å². The van der Waals surface area contributed by atoms with E-state index in [1.165, 1.54) is 5.56 Å². The predicted molar refractivity (Wildman–Crippen MR) is 102 cm³/mol. The molecule has 1 aliphatic heterocycles. The van der Waals surface area contributed by atoms with Crippen LogP contribution >= 0.6 is 15.9 Å². The number of likely N-dealkylation sites (tertiary alicyclic amines) is 1. The minimum absolute atomic E-state index is 0.116. The Morgan fingerprint density at radius 3 is 2.76 bits per heavy atom. The number of benzene rings is 1. The second kappa shape index (κ2) is 10.7. The molecule has 0 saturated carbocycles. The number of nitrogens with one attached hydrogen (secondary N) is 2. The molecule has 1 saturated heterocycles. The average Bonchev–Trinajstić information content (AvgIpc) is 2.59. The Kier molecular flexibility index (Phi) is 8.61. The van der Waals surface area contributed by atoms with E-state index in [0.717, 1.165) is 42.7 Å². The molecule has 2 N–H and O–H groups in total.